The minimum absolute atomic E-state index is 0.272. The maximum Gasteiger partial charge on any atom is 0.394 e. The third kappa shape index (κ3) is 5.06. The number of methoxy groups -OCH3 is 1. The molecule has 1 N–H and O–H groups in total. The van der Waals surface area contributed by atoms with Gasteiger partial charge in [0.05, 0.1) is 7.11 Å². The molecule has 1 aliphatic rings. The molecule has 0 saturated carbocycles. The lowest BCUT2D eigenvalue weighted by molar-refractivity contribution is -0.155. The van der Waals surface area contributed by atoms with Crippen LogP contribution in [-0.4, -0.2) is 47.8 Å². The Labute approximate surface area is 142 Å². The first-order chi connectivity index (χ1) is 9.90. The molecule has 1 rings (SSSR count). The number of thioether (sulfide) groups is 1. The second-order valence-corrected chi connectivity index (χ2v) is 7.06. The first-order valence-corrected chi connectivity index (χ1v) is 8.39. The third-order valence-corrected chi connectivity index (χ3v) is 4.62. The summed E-state index contributed by atoms with van der Waals surface area (Å²) >= 11 is 3.78. The first kappa shape index (κ1) is 18.1. The van der Waals surface area contributed by atoms with E-state index < -0.39 is 11.9 Å². The molecule has 0 spiro atoms. The molecule has 116 valence electrons. The summed E-state index contributed by atoms with van der Waals surface area (Å²) in [5, 5.41) is 8.88. The molecule has 0 bridgehead atoms. The number of carbonyl (C=O) groups is 2. The number of carbonyl (C=O) groups excluding carboxylic acids is 1. The normalized spacial score (nSPS) is 21.0. The van der Waals surface area contributed by atoms with Crippen molar-refractivity contribution in [2.45, 2.75) is 13.8 Å². The topological polar surface area (TPSA) is 66.8 Å². The minimum atomic E-state index is -1.42. The van der Waals surface area contributed by atoms with Gasteiger partial charge < -0.3 is 14.7 Å². The van der Waals surface area contributed by atoms with E-state index >= 15 is 0 Å². The van der Waals surface area contributed by atoms with Gasteiger partial charge in [0.2, 0.25) is 0 Å². The predicted molar refractivity (Wildman–Crippen MR) is 92.2 cm³/mol. The number of hydrogen-bond acceptors (Lipinski definition) is 4. The fourth-order valence-electron chi connectivity index (χ4n) is 1.87. The number of hydrogen-bond donors (Lipinski definition) is 1. The summed E-state index contributed by atoms with van der Waals surface area (Å²) in [6, 6.07) is 0. The number of ether oxygens (including phenoxy) is 1. The molecular weight excluding hydrogens is 405 g/mol. The summed E-state index contributed by atoms with van der Waals surface area (Å²) in [5.41, 5.74) is 0.891. The molecule has 1 fully saturated rings. The monoisotopic (exact) mass is 423 g/mol. The van der Waals surface area contributed by atoms with Crippen molar-refractivity contribution in [3.8, 4) is 0 Å². The zero-order valence-corrected chi connectivity index (χ0v) is 15.2. The van der Waals surface area contributed by atoms with Crippen LogP contribution in [0.2, 0.25) is 0 Å². The fraction of sp³-hybridized carbons (Fsp3) is 0.429. The van der Waals surface area contributed by atoms with Crippen LogP contribution in [0.5, 0.6) is 0 Å². The van der Waals surface area contributed by atoms with Crippen LogP contribution >= 0.6 is 34.4 Å². The van der Waals surface area contributed by atoms with Gasteiger partial charge >= 0.3 is 11.9 Å². The van der Waals surface area contributed by atoms with E-state index in [9.17, 15) is 9.59 Å². The Morgan fingerprint density at radius 3 is 2.62 bits per heavy atom. The minimum Gasteiger partial charge on any atom is -0.496 e. The van der Waals surface area contributed by atoms with E-state index in [2.05, 4.69) is 22.6 Å². The highest BCUT2D eigenvalue weighted by Gasteiger charge is 2.25. The summed E-state index contributed by atoms with van der Waals surface area (Å²) < 4.78 is 6.32. The van der Waals surface area contributed by atoms with E-state index in [1.165, 1.54) is 4.90 Å². The molecule has 0 aromatic heterocycles. The number of rotatable bonds is 2. The average molecular weight is 423 g/mol. The quantitative estimate of drug-likeness (QED) is 0.421. The van der Waals surface area contributed by atoms with Gasteiger partial charge in [-0.05, 0) is 48.1 Å². The molecule has 1 heterocycles. The third-order valence-electron chi connectivity index (χ3n) is 2.89. The molecule has 1 amide bonds. The summed E-state index contributed by atoms with van der Waals surface area (Å²) in [6.45, 7) is 4.54. The Balaban J connectivity index is 3.16. The average Bonchev–Trinajstić information content (AvgIpc) is 2.65. The number of halogens is 1. The van der Waals surface area contributed by atoms with Crippen molar-refractivity contribution in [2.75, 3.05) is 26.0 Å². The first-order valence-electron chi connectivity index (χ1n) is 6.33. The largest absolute Gasteiger partial charge is 0.496 e. The van der Waals surface area contributed by atoms with Gasteiger partial charge in [-0.25, -0.2) is 4.79 Å². The van der Waals surface area contributed by atoms with Crippen molar-refractivity contribution in [1.29, 1.82) is 0 Å². The van der Waals surface area contributed by atoms with Gasteiger partial charge in [0.25, 0.3) is 0 Å². The van der Waals surface area contributed by atoms with Crippen LogP contribution in [0, 0.1) is 0 Å². The lowest BCUT2D eigenvalue weighted by atomic mass is 10.2. The molecule has 0 atom stereocenters. The Bertz CT molecular complexity index is 521. The molecule has 0 unspecified atom stereocenters. The lowest BCUT2D eigenvalue weighted by Gasteiger charge is -2.19. The fourth-order valence-corrected chi connectivity index (χ4v) is 3.26. The highest BCUT2D eigenvalue weighted by Crippen LogP contribution is 2.30. The van der Waals surface area contributed by atoms with Crippen molar-refractivity contribution in [3.63, 3.8) is 0 Å². The predicted octanol–water partition coefficient (Wildman–Crippen LogP) is 2.79. The van der Waals surface area contributed by atoms with E-state index in [1.807, 2.05) is 26.0 Å². The van der Waals surface area contributed by atoms with E-state index in [0.717, 1.165) is 19.8 Å². The molecule has 0 aromatic rings. The zero-order valence-electron chi connectivity index (χ0n) is 12.2. The van der Waals surface area contributed by atoms with Crippen LogP contribution in [0.3, 0.4) is 0 Å². The van der Waals surface area contributed by atoms with Crippen LogP contribution in [0.4, 0.5) is 0 Å². The van der Waals surface area contributed by atoms with Crippen LogP contribution in [0.1, 0.15) is 13.8 Å². The summed E-state index contributed by atoms with van der Waals surface area (Å²) in [5.74, 6) is -0.898. The Morgan fingerprint density at radius 2 is 2.14 bits per heavy atom. The Morgan fingerprint density at radius 1 is 1.48 bits per heavy atom. The van der Waals surface area contributed by atoms with E-state index in [-0.39, 0.29) is 6.54 Å². The second-order valence-electron chi connectivity index (χ2n) is 4.30. The van der Waals surface area contributed by atoms with Gasteiger partial charge in [-0.1, -0.05) is 6.08 Å². The highest BCUT2D eigenvalue weighted by molar-refractivity contribution is 14.1. The van der Waals surface area contributed by atoms with Crippen LogP contribution in [0.15, 0.2) is 32.0 Å². The number of amides is 1. The van der Waals surface area contributed by atoms with Gasteiger partial charge in [-0.15, -0.1) is 11.8 Å². The van der Waals surface area contributed by atoms with E-state index in [4.69, 9.17) is 9.84 Å². The summed E-state index contributed by atoms with van der Waals surface area (Å²) in [6.07, 6.45) is 3.85. The Hall–Kier alpha value is -0.960. The lowest BCUT2D eigenvalue weighted by Crippen LogP contribution is -2.38. The van der Waals surface area contributed by atoms with Crippen molar-refractivity contribution in [3.05, 3.63) is 32.0 Å². The van der Waals surface area contributed by atoms with Crippen LogP contribution < -0.4 is 0 Å². The van der Waals surface area contributed by atoms with Crippen molar-refractivity contribution in [1.82, 2.24) is 4.90 Å². The molecule has 1 aliphatic heterocycles. The second kappa shape index (κ2) is 8.47. The molecule has 5 nitrogen and oxygen atoms in total. The molecule has 1 saturated heterocycles. The number of carboxylic acids is 1. The number of carboxylic acid groups (broad SMARTS) is 1. The molecule has 7 heteroatoms. The standard InChI is InChI=1S/C14H18INO4S/c1-4-12-10(7-11(20-3)9(2)15)8-16(5-6-21-12)13(17)14(18)19/h4,7H,5-6,8H2,1-3H3,(H,18,19)/b10-7-,11-9-,12-4+. The molecule has 0 radical (unpaired) electrons. The molecule has 0 aromatic carbocycles. The number of aliphatic carboxylic acids is 1. The zero-order chi connectivity index (χ0) is 16.0. The van der Waals surface area contributed by atoms with Gasteiger partial charge in [0.15, 0.2) is 0 Å². The van der Waals surface area contributed by atoms with Gasteiger partial charge in [0.1, 0.15) is 5.76 Å². The van der Waals surface area contributed by atoms with Gasteiger partial charge in [-0.3, -0.25) is 4.79 Å². The SMILES string of the molecule is C/C=C1/SCCN(C(=O)C(=O)O)C/C1=C/C(OC)=C(\C)I. The van der Waals surface area contributed by atoms with Crippen molar-refractivity contribution < 1.29 is 19.4 Å². The molecular formula is C14H18INO4S. The summed E-state index contributed by atoms with van der Waals surface area (Å²) in [7, 11) is 1.59. The molecule has 21 heavy (non-hydrogen) atoms. The van der Waals surface area contributed by atoms with Gasteiger partial charge in [-0.2, -0.15) is 0 Å². The number of allylic oxidation sites excluding steroid dienone is 3. The van der Waals surface area contributed by atoms with Crippen molar-refractivity contribution >= 4 is 46.2 Å². The van der Waals surface area contributed by atoms with Crippen LogP contribution in [-0.2, 0) is 14.3 Å². The maximum absolute atomic E-state index is 11.7. The smallest absolute Gasteiger partial charge is 0.394 e. The van der Waals surface area contributed by atoms with Crippen LogP contribution in [0.25, 0.3) is 0 Å². The van der Waals surface area contributed by atoms with E-state index in [0.29, 0.717) is 12.3 Å². The summed E-state index contributed by atoms with van der Waals surface area (Å²) in [4.78, 5) is 25.0. The van der Waals surface area contributed by atoms with Crippen molar-refractivity contribution in [2.24, 2.45) is 0 Å². The Kier molecular flexibility index (Phi) is 7.30. The number of nitrogens with zero attached hydrogens (tertiary/aromatic N) is 1. The highest BCUT2D eigenvalue weighted by atomic mass is 127. The molecule has 0 aliphatic carbocycles. The maximum atomic E-state index is 11.7. The van der Waals surface area contributed by atoms with E-state index in [1.54, 1.807) is 18.9 Å². The van der Waals surface area contributed by atoms with Gasteiger partial charge in [0, 0.05) is 27.3 Å².